The van der Waals surface area contributed by atoms with E-state index in [1.807, 2.05) is 30.3 Å². The molecule has 3 heterocycles. The Kier molecular flexibility index (Phi) is 5.29. The quantitative estimate of drug-likeness (QED) is 0.703. The molecule has 0 radical (unpaired) electrons. The zero-order chi connectivity index (χ0) is 19.3. The van der Waals surface area contributed by atoms with Gasteiger partial charge in [0.2, 0.25) is 11.8 Å². The van der Waals surface area contributed by atoms with Gasteiger partial charge in [-0.05, 0) is 50.6 Å². The highest BCUT2D eigenvalue weighted by Crippen LogP contribution is 2.30. The number of rotatable bonds is 6. The number of pyridine rings is 1. The van der Waals surface area contributed by atoms with Crippen molar-refractivity contribution in [2.24, 2.45) is 0 Å². The molecule has 1 aromatic carbocycles. The Bertz CT molecular complexity index is 944. The molecule has 2 aromatic heterocycles. The molecular weight excluding hydrogens is 358 g/mol. The number of nitrogens with one attached hydrogen (secondary N) is 1. The monoisotopic (exact) mass is 379 g/mol. The van der Waals surface area contributed by atoms with E-state index < -0.39 is 0 Å². The number of hydrogen-bond acceptors (Lipinski definition) is 7. The number of nitrogens with zero attached hydrogens (tertiary/aromatic N) is 4. The second-order valence-electron chi connectivity index (χ2n) is 6.64. The molecule has 4 rings (SSSR count). The van der Waals surface area contributed by atoms with Crippen molar-refractivity contribution in [1.82, 2.24) is 20.0 Å². The summed E-state index contributed by atoms with van der Waals surface area (Å²) < 4.78 is 11.1. The van der Waals surface area contributed by atoms with Crippen LogP contribution in [-0.2, 0) is 11.3 Å². The maximum Gasteiger partial charge on any atom is 0.241 e. The first kappa shape index (κ1) is 18.1. The third-order valence-electron chi connectivity index (χ3n) is 4.58. The number of likely N-dealkylation sites (tertiary alicyclic amines) is 1. The summed E-state index contributed by atoms with van der Waals surface area (Å²) >= 11 is 0. The summed E-state index contributed by atoms with van der Waals surface area (Å²) in [4.78, 5) is 23.3. The van der Waals surface area contributed by atoms with Gasteiger partial charge in [-0.3, -0.25) is 14.7 Å². The van der Waals surface area contributed by atoms with Crippen LogP contribution in [0.5, 0.6) is 11.5 Å². The Hall–Kier alpha value is -3.26. The Morgan fingerprint density at radius 1 is 1.32 bits per heavy atom. The molecule has 1 atom stereocenters. The summed E-state index contributed by atoms with van der Waals surface area (Å²) in [6.45, 7) is 3.06. The van der Waals surface area contributed by atoms with Gasteiger partial charge >= 0.3 is 0 Å². The molecule has 0 spiro atoms. The number of anilines is 1. The zero-order valence-electron chi connectivity index (χ0n) is 15.5. The van der Waals surface area contributed by atoms with Gasteiger partial charge in [-0.2, -0.15) is 4.98 Å². The van der Waals surface area contributed by atoms with Crippen LogP contribution in [0.25, 0.3) is 0 Å². The fraction of sp³-hybridized carbons (Fsp3) is 0.300. The van der Waals surface area contributed by atoms with E-state index in [0.29, 0.717) is 35.4 Å². The van der Waals surface area contributed by atoms with Crippen LogP contribution in [0.2, 0.25) is 0 Å². The minimum atomic E-state index is -0.251. The Balaban J connectivity index is 1.45. The van der Waals surface area contributed by atoms with E-state index in [4.69, 9.17) is 9.26 Å². The van der Waals surface area contributed by atoms with Gasteiger partial charge in [-0.25, -0.2) is 0 Å². The molecule has 1 fully saturated rings. The molecule has 8 nitrogen and oxygen atoms in total. The van der Waals surface area contributed by atoms with E-state index in [1.54, 1.807) is 25.4 Å². The SMILES string of the molecule is Cc1noc(CN2CCC[C@H]2C(=O)Nc2ccccc2Oc2cccnc2)n1. The van der Waals surface area contributed by atoms with Gasteiger partial charge in [-0.15, -0.1) is 0 Å². The minimum Gasteiger partial charge on any atom is -0.454 e. The highest BCUT2D eigenvalue weighted by molar-refractivity contribution is 5.96. The summed E-state index contributed by atoms with van der Waals surface area (Å²) in [6, 6.07) is 10.7. The molecule has 28 heavy (non-hydrogen) atoms. The fourth-order valence-corrected chi connectivity index (χ4v) is 3.30. The van der Waals surface area contributed by atoms with Crippen LogP contribution in [0.3, 0.4) is 0 Å². The van der Waals surface area contributed by atoms with Crippen LogP contribution in [0.4, 0.5) is 5.69 Å². The van der Waals surface area contributed by atoms with Crippen molar-refractivity contribution in [3.63, 3.8) is 0 Å². The Labute approximate surface area is 162 Å². The van der Waals surface area contributed by atoms with E-state index in [2.05, 4.69) is 25.3 Å². The van der Waals surface area contributed by atoms with Crippen molar-refractivity contribution in [3.8, 4) is 11.5 Å². The number of para-hydroxylation sites is 2. The van der Waals surface area contributed by atoms with Crippen molar-refractivity contribution >= 4 is 11.6 Å². The lowest BCUT2D eigenvalue weighted by Gasteiger charge is -2.22. The summed E-state index contributed by atoms with van der Waals surface area (Å²) in [6.07, 6.45) is 5.04. The van der Waals surface area contributed by atoms with Gasteiger partial charge in [0.25, 0.3) is 0 Å². The molecular formula is C20H21N5O3. The summed E-state index contributed by atoms with van der Waals surface area (Å²) in [5.41, 5.74) is 0.622. The number of ether oxygens (including phenoxy) is 1. The number of aromatic nitrogens is 3. The van der Waals surface area contributed by atoms with Gasteiger partial charge in [0.1, 0.15) is 5.75 Å². The number of carbonyl (C=O) groups is 1. The molecule has 0 bridgehead atoms. The van der Waals surface area contributed by atoms with E-state index >= 15 is 0 Å². The summed E-state index contributed by atoms with van der Waals surface area (Å²) in [5.74, 6) is 2.23. The molecule has 1 aliphatic heterocycles. The van der Waals surface area contributed by atoms with Gasteiger partial charge in [0.15, 0.2) is 11.6 Å². The second kappa shape index (κ2) is 8.18. The number of carbonyl (C=O) groups excluding carboxylic acids is 1. The number of hydrogen-bond donors (Lipinski definition) is 1. The first-order chi connectivity index (χ1) is 13.7. The number of benzene rings is 1. The van der Waals surface area contributed by atoms with Crippen molar-refractivity contribution in [2.75, 3.05) is 11.9 Å². The van der Waals surface area contributed by atoms with Crippen LogP contribution in [0.1, 0.15) is 24.6 Å². The zero-order valence-corrected chi connectivity index (χ0v) is 15.5. The van der Waals surface area contributed by atoms with Crippen LogP contribution in [-0.4, -0.2) is 38.5 Å². The van der Waals surface area contributed by atoms with Crippen LogP contribution < -0.4 is 10.1 Å². The van der Waals surface area contributed by atoms with Gasteiger partial charge in [-0.1, -0.05) is 17.3 Å². The van der Waals surface area contributed by atoms with Crippen LogP contribution >= 0.6 is 0 Å². The lowest BCUT2D eigenvalue weighted by atomic mass is 10.2. The van der Waals surface area contributed by atoms with E-state index in [0.717, 1.165) is 19.4 Å². The molecule has 1 N–H and O–H groups in total. The van der Waals surface area contributed by atoms with Crippen molar-refractivity contribution in [1.29, 1.82) is 0 Å². The third-order valence-corrected chi connectivity index (χ3v) is 4.58. The molecule has 0 saturated carbocycles. The normalized spacial score (nSPS) is 16.8. The molecule has 8 heteroatoms. The average molecular weight is 379 g/mol. The van der Waals surface area contributed by atoms with Crippen molar-refractivity contribution in [3.05, 3.63) is 60.5 Å². The van der Waals surface area contributed by atoms with E-state index in [-0.39, 0.29) is 11.9 Å². The van der Waals surface area contributed by atoms with Crippen molar-refractivity contribution < 1.29 is 14.1 Å². The summed E-state index contributed by atoms with van der Waals surface area (Å²) in [5, 5.41) is 6.81. The maximum atomic E-state index is 12.9. The topological polar surface area (TPSA) is 93.4 Å². The molecule has 0 unspecified atom stereocenters. The summed E-state index contributed by atoms with van der Waals surface area (Å²) in [7, 11) is 0. The Morgan fingerprint density at radius 2 is 2.21 bits per heavy atom. The minimum absolute atomic E-state index is 0.0732. The predicted molar refractivity (Wildman–Crippen MR) is 102 cm³/mol. The first-order valence-corrected chi connectivity index (χ1v) is 9.20. The molecule has 1 aliphatic rings. The molecule has 3 aromatic rings. The maximum absolute atomic E-state index is 12.9. The fourth-order valence-electron chi connectivity index (χ4n) is 3.30. The molecule has 1 saturated heterocycles. The van der Waals surface area contributed by atoms with E-state index in [9.17, 15) is 4.79 Å². The lowest BCUT2D eigenvalue weighted by molar-refractivity contribution is -0.120. The highest BCUT2D eigenvalue weighted by atomic mass is 16.5. The first-order valence-electron chi connectivity index (χ1n) is 9.20. The lowest BCUT2D eigenvalue weighted by Crippen LogP contribution is -2.39. The van der Waals surface area contributed by atoms with Crippen LogP contribution in [0, 0.1) is 6.92 Å². The largest absolute Gasteiger partial charge is 0.454 e. The van der Waals surface area contributed by atoms with Crippen molar-refractivity contribution in [2.45, 2.75) is 32.4 Å². The molecule has 0 aliphatic carbocycles. The standard InChI is InChI=1S/C20H21N5O3/c1-14-22-19(28-24-14)13-25-11-5-8-17(25)20(26)23-16-7-2-3-9-18(16)27-15-6-4-10-21-12-15/h2-4,6-7,9-10,12,17H,5,8,11,13H2,1H3,(H,23,26)/t17-/m0/s1. The van der Waals surface area contributed by atoms with Gasteiger partial charge < -0.3 is 14.6 Å². The third kappa shape index (κ3) is 4.17. The number of aryl methyl sites for hydroxylation is 1. The van der Waals surface area contributed by atoms with Crippen LogP contribution in [0.15, 0.2) is 53.3 Å². The van der Waals surface area contributed by atoms with Gasteiger partial charge in [0.05, 0.1) is 24.5 Å². The molecule has 1 amide bonds. The average Bonchev–Trinajstić information content (AvgIpc) is 3.33. The predicted octanol–water partition coefficient (Wildman–Crippen LogP) is 3.17. The smallest absolute Gasteiger partial charge is 0.241 e. The highest BCUT2D eigenvalue weighted by Gasteiger charge is 2.32. The Morgan fingerprint density at radius 3 is 3.00 bits per heavy atom. The second-order valence-corrected chi connectivity index (χ2v) is 6.64. The number of amides is 1. The van der Waals surface area contributed by atoms with Gasteiger partial charge in [0, 0.05) is 6.20 Å². The van der Waals surface area contributed by atoms with E-state index in [1.165, 1.54) is 0 Å². The molecule has 144 valence electrons.